The molecule has 0 unspecified atom stereocenters. The van der Waals surface area contributed by atoms with Crippen LogP contribution >= 0.6 is 24.0 Å². The van der Waals surface area contributed by atoms with E-state index in [4.69, 9.17) is 17.3 Å². The minimum atomic E-state index is -0.857. The van der Waals surface area contributed by atoms with Gasteiger partial charge in [-0.25, -0.2) is 0 Å². The Morgan fingerprint density at radius 1 is 1.06 bits per heavy atom. The van der Waals surface area contributed by atoms with Crippen molar-refractivity contribution in [2.45, 2.75) is 64.2 Å². The largest absolute Gasteiger partial charge is 0.481 e. The molecule has 5 nitrogen and oxygen atoms in total. The maximum absolute atomic E-state index is 12.7. The molecule has 1 amide bonds. The molecule has 1 saturated carbocycles. The van der Waals surface area contributed by atoms with E-state index in [0.717, 1.165) is 30.5 Å². The smallest absolute Gasteiger partial charge is 0.303 e. The van der Waals surface area contributed by atoms with Gasteiger partial charge >= 0.3 is 5.97 Å². The number of carbonyl (C=O) groups is 2. The number of piperidine rings is 1. The summed E-state index contributed by atoms with van der Waals surface area (Å²) in [6.45, 7) is 2.61. The van der Waals surface area contributed by atoms with Crippen molar-refractivity contribution in [2.75, 3.05) is 24.5 Å². The van der Waals surface area contributed by atoms with Crippen LogP contribution in [0.3, 0.4) is 0 Å². The molecule has 1 aliphatic carbocycles. The Morgan fingerprint density at radius 3 is 2.39 bits per heavy atom. The van der Waals surface area contributed by atoms with Gasteiger partial charge in [0.15, 0.2) is 0 Å². The van der Waals surface area contributed by atoms with E-state index >= 15 is 0 Å². The fourth-order valence-electron chi connectivity index (χ4n) is 5.34. The Labute approximate surface area is 206 Å². The number of aliphatic carboxylic acids is 1. The van der Waals surface area contributed by atoms with Gasteiger partial charge < -0.3 is 10.0 Å². The predicted octanol–water partition coefficient (Wildman–Crippen LogP) is 5.94. The van der Waals surface area contributed by atoms with Gasteiger partial charge in [0.05, 0.1) is 4.91 Å². The zero-order valence-corrected chi connectivity index (χ0v) is 20.8. The molecule has 4 rings (SSSR count). The van der Waals surface area contributed by atoms with Crippen molar-refractivity contribution >= 4 is 51.9 Å². The summed E-state index contributed by atoms with van der Waals surface area (Å²) in [6, 6.07) is 8.45. The first-order valence-corrected chi connectivity index (χ1v) is 13.5. The molecule has 3 fully saturated rings. The van der Waals surface area contributed by atoms with E-state index in [1.807, 2.05) is 6.08 Å². The lowest BCUT2D eigenvalue weighted by atomic mass is 9.80. The highest BCUT2D eigenvalue weighted by Crippen LogP contribution is 2.35. The van der Waals surface area contributed by atoms with Crippen LogP contribution in [0.1, 0.15) is 69.8 Å². The Kier molecular flexibility index (Phi) is 8.47. The monoisotopic (exact) mass is 486 g/mol. The van der Waals surface area contributed by atoms with E-state index in [1.54, 1.807) is 0 Å². The molecule has 7 heteroatoms. The fraction of sp³-hybridized carbons (Fsp3) is 0.577. The standard InChI is InChI=1S/C26H34N2O3S2/c29-24(30)7-4-14-28-25(31)23(33-26(28)32)18-20-8-10-22(11-9-20)27-15-12-21(13-16-27)17-19-5-2-1-3-6-19/h8-11,18-19,21H,1-7,12-17H2,(H,29,30)/b23-18-. The van der Waals surface area contributed by atoms with Crippen LogP contribution in [0.4, 0.5) is 5.69 Å². The van der Waals surface area contributed by atoms with Gasteiger partial charge in [0.2, 0.25) is 0 Å². The number of carboxylic acid groups (broad SMARTS) is 1. The van der Waals surface area contributed by atoms with E-state index in [2.05, 4.69) is 29.2 Å². The topological polar surface area (TPSA) is 60.9 Å². The molecule has 0 bridgehead atoms. The Bertz CT molecular complexity index is 885. The average Bonchev–Trinajstić information content (AvgIpc) is 3.08. The van der Waals surface area contributed by atoms with Crippen LogP contribution in [0.15, 0.2) is 29.2 Å². The maximum Gasteiger partial charge on any atom is 0.303 e. The third-order valence-corrected chi connectivity index (χ3v) is 8.59. The minimum Gasteiger partial charge on any atom is -0.481 e. The minimum absolute atomic E-state index is 0.0371. The summed E-state index contributed by atoms with van der Waals surface area (Å²) in [5.74, 6) is 0.879. The lowest BCUT2D eigenvalue weighted by Crippen LogP contribution is -2.34. The molecule has 1 aromatic rings. The Hall–Kier alpha value is -1.86. The van der Waals surface area contributed by atoms with Crippen LogP contribution in [0.2, 0.25) is 0 Å². The molecule has 1 aromatic carbocycles. The molecule has 1 N–H and O–H groups in total. The third-order valence-electron chi connectivity index (χ3n) is 7.21. The molecule has 0 spiro atoms. The van der Waals surface area contributed by atoms with E-state index in [1.165, 1.54) is 73.7 Å². The van der Waals surface area contributed by atoms with Crippen LogP contribution in [0.25, 0.3) is 6.08 Å². The molecule has 2 saturated heterocycles. The van der Waals surface area contributed by atoms with Crippen LogP contribution in [-0.2, 0) is 9.59 Å². The number of hydrogen-bond donors (Lipinski definition) is 1. The van der Waals surface area contributed by atoms with Crippen molar-refractivity contribution in [3.05, 3.63) is 34.7 Å². The molecular formula is C26H34N2O3S2. The van der Waals surface area contributed by atoms with E-state index in [0.29, 0.717) is 22.2 Å². The molecule has 0 radical (unpaired) electrons. The number of hydrogen-bond acceptors (Lipinski definition) is 5. The molecule has 2 aliphatic heterocycles. The lowest BCUT2D eigenvalue weighted by Gasteiger charge is -2.35. The Balaban J connectivity index is 1.28. The summed E-state index contributed by atoms with van der Waals surface area (Å²) in [7, 11) is 0. The summed E-state index contributed by atoms with van der Waals surface area (Å²) < 4.78 is 0.504. The van der Waals surface area contributed by atoms with E-state index in [9.17, 15) is 9.59 Å². The summed E-state index contributed by atoms with van der Waals surface area (Å²) in [5, 5.41) is 8.81. The molecule has 178 valence electrons. The van der Waals surface area contributed by atoms with Gasteiger partial charge in [0.25, 0.3) is 5.91 Å². The first-order chi connectivity index (χ1) is 16.0. The van der Waals surface area contributed by atoms with Gasteiger partial charge in [-0.2, -0.15) is 0 Å². The number of nitrogens with zero attached hydrogens (tertiary/aromatic N) is 2. The SMILES string of the molecule is O=C(O)CCCN1C(=O)/C(=C/c2ccc(N3CCC(CC4CCCCC4)CC3)cc2)SC1=S. The van der Waals surface area contributed by atoms with Crippen LogP contribution < -0.4 is 4.90 Å². The number of anilines is 1. The fourth-order valence-corrected chi connectivity index (χ4v) is 6.64. The van der Waals surface area contributed by atoms with Crippen molar-refractivity contribution < 1.29 is 14.7 Å². The normalized spacial score (nSPS) is 21.9. The van der Waals surface area contributed by atoms with Gasteiger partial charge in [0, 0.05) is 31.7 Å². The molecule has 3 aliphatic rings. The van der Waals surface area contributed by atoms with E-state index < -0.39 is 5.97 Å². The zero-order valence-electron chi connectivity index (χ0n) is 19.2. The highest BCUT2D eigenvalue weighted by Gasteiger charge is 2.31. The summed E-state index contributed by atoms with van der Waals surface area (Å²) >= 11 is 6.62. The van der Waals surface area contributed by atoms with E-state index in [-0.39, 0.29) is 12.3 Å². The lowest BCUT2D eigenvalue weighted by molar-refractivity contribution is -0.137. The maximum atomic E-state index is 12.7. The molecule has 33 heavy (non-hydrogen) atoms. The van der Waals surface area contributed by atoms with Gasteiger partial charge in [0.1, 0.15) is 4.32 Å². The second-order valence-electron chi connectivity index (χ2n) is 9.59. The first-order valence-electron chi connectivity index (χ1n) is 12.3. The third kappa shape index (κ3) is 6.60. The number of amides is 1. The number of rotatable bonds is 8. The quantitative estimate of drug-likeness (QED) is 0.362. The molecule has 0 aromatic heterocycles. The highest BCUT2D eigenvalue weighted by molar-refractivity contribution is 8.26. The van der Waals surface area contributed by atoms with Crippen molar-refractivity contribution in [1.82, 2.24) is 4.90 Å². The van der Waals surface area contributed by atoms with Crippen molar-refractivity contribution in [2.24, 2.45) is 11.8 Å². The van der Waals surface area contributed by atoms with Crippen molar-refractivity contribution in [3.63, 3.8) is 0 Å². The summed E-state index contributed by atoms with van der Waals surface area (Å²) in [5.41, 5.74) is 2.24. The van der Waals surface area contributed by atoms with Crippen molar-refractivity contribution in [3.8, 4) is 0 Å². The number of thioether (sulfide) groups is 1. The summed E-state index contributed by atoms with van der Waals surface area (Å²) in [4.78, 5) is 28.0. The van der Waals surface area contributed by atoms with Crippen molar-refractivity contribution in [1.29, 1.82) is 0 Å². The molecule has 0 atom stereocenters. The van der Waals surface area contributed by atoms with Crippen LogP contribution in [-0.4, -0.2) is 45.8 Å². The number of carboxylic acids is 1. The number of carbonyl (C=O) groups excluding carboxylic acids is 1. The number of thiocarbonyl (C=S) groups is 1. The molecular weight excluding hydrogens is 452 g/mol. The first kappa shape index (κ1) is 24.3. The average molecular weight is 487 g/mol. The van der Waals surface area contributed by atoms with Crippen LogP contribution in [0.5, 0.6) is 0 Å². The summed E-state index contributed by atoms with van der Waals surface area (Å²) in [6.07, 6.45) is 13.5. The highest BCUT2D eigenvalue weighted by atomic mass is 32.2. The number of benzene rings is 1. The van der Waals surface area contributed by atoms with Gasteiger partial charge in [-0.3, -0.25) is 14.5 Å². The van der Waals surface area contributed by atoms with Gasteiger partial charge in [-0.15, -0.1) is 0 Å². The predicted molar refractivity (Wildman–Crippen MR) is 139 cm³/mol. The second-order valence-corrected chi connectivity index (χ2v) is 11.3. The van der Waals surface area contributed by atoms with Gasteiger partial charge in [-0.05, 0) is 61.3 Å². The zero-order chi connectivity index (χ0) is 23.2. The second kappa shape index (κ2) is 11.5. The van der Waals surface area contributed by atoms with Crippen LogP contribution in [0, 0.1) is 11.8 Å². The van der Waals surface area contributed by atoms with Gasteiger partial charge in [-0.1, -0.05) is 68.2 Å². The Morgan fingerprint density at radius 2 is 1.73 bits per heavy atom. The molecule has 2 heterocycles.